The molecule has 2 aromatic heterocycles. The molecule has 0 saturated carbocycles. The third kappa shape index (κ3) is 4.92. The molecule has 0 bridgehead atoms. The number of amides is 1. The van der Waals surface area contributed by atoms with Gasteiger partial charge < -0.3 is 10.3 Å². The monoisotopic (exact) mass is 413 g/mol. The van der Waals surface area contributed by atoms with Crippen LogP contribution in [0.25, 0.3) is 10.9 Å². The first-order valence-corrected chi connectivity index (χ1v) is 9.82. The lowest BCUT2D eigenvalue weighted by atomic mass is 10.1. The molecule has 3 aromatic rings. The molecule has 1 amide bonds. The van der Waals surface area contributed by atoms with Gasteiger partial charge in [-0.1, -0.05) is 25.4 Å². The minimum atomic E-state index is -0.353. The van der Waals surface area contributed by atoms with E-state index < -0.39 is 0 Å². The molecule has 2 N–H and O–H groups in total. The number of hydrogen-bond acceptors (Lipinski definition) is 5. The highest BCUT2D eigenvalue weighted by atomic mass is 35.5. The summed E-state index contributed by atoms with van der Waals surface area (Å²) in [6.07, 6.45) is 1.60. The molecule has 0 aliphatic rings. The highest BCUT2D eigenvalue weighted by Gasteiger charge is 2.17. The Morgan fingerprint density at radius 2 is 2.00 bits per heavy atom. The van der Waals surface area contributed by atoms with Crippen LogP contribution in [0.15, 0.2) is 41.3 Å². The Morgan fingerprint density at radius 1 is 1.24 bits per heavy atom. The predicted octanol–water partition coefficient (Wildman–Crippen LogP) is 4.15. The van der Waals surface area contributed by atoms with E-state index in [2.05, 4.69) is 20.3 Å². The SMILES string of the molecule is CC(=O)N(CC(C)C)c1ccnc(NC(C)c2cc3cc(Cl)ccc3[nH]c2=O)n1. The highest BCUT2D eigenvalue weighted by molar-refractivity contribution is 6.31. The van der Waals surface area contributed by atoms with E-state index in [0.717, 1.165) is 10.9 Å². The summed E-state index contributed by atoms with van der Waals surface area (Å²) >= 11 is 6.07. The van der Waals surface area contributed by atoms with Crippen molar-refractivity contribution < 1.29 is 4.79 Å². The maximum atomic E-state index is 12.5. The van der Waals surface area contributed by atoms with Crippen LogP contribution in [-0.4, -0.2) is 27.4 Å². The van der Waals surface area contributed by atoms with Crippen LogP contribution in [0, 0.1) is 5.92 Å². The standard InChI is InChI=1S/C21H24ClN5O2/c1-12(2)11-27(14(4)28)19-7-8-23-21(26-19)24-13(3)17-10-15-9-16(22)5-6-18(15)25-20(17)29/h5-10,12-13H,11H2,1-4H3,(H,25,29)(H,23,24,26). The van der Waals surface area contributed by atoms with Gasteiger partial charge >= 0.3 is 0 Å². The van der Waals surface area contributed by atoms with E-state index in [9.17, 15) is 9.59 Å². The molecule has 0 fully saturated rings. The van der Waals surface area contributed by atoms with Crippen molar-refractivity contribution in [3.05, 3.63) is 57.5 Å². The van der Waals surface area contributed by atoms with Crippen LogP contribution in [0.5, 0.6) is 0 Å². The number of H-pyrrole nitrogens is 1. The van der Waals surface area contributed by atoms with Gasteiger partial charge in [0.2, 0.25) is 11.9 Å². The van der Waals surface area contributed by atoms with Crippen LogP contribution < -0.4 is 15.8 Å². The van der Waals surface area contributed by atoms with Crippen molar-refractivity contribution in [2.75, 3.05) is 16.8 Å². The lowest BCUT2D eigenvalue weighted by Gasteiger charge is -2.23. The van der Waals surface area contributed by atoms with Crippen molar-refractivity contribution in [2.24, 2.45) is 5.92 Å². The van der Waals surface area contributed by atoms with E-state index >= 15 is 0 Å². The third-order valence-corrected chi connectivity index (χ3v) is 4.73. The predicted molar refractivity (Wildman–Crippen MR) is 117 cm³/mol. The van der Waals surface area contributed by atoms with Crippen LogP contribution in [0.1, 0.15) is 39.3 Å². The highest BCUT2D eigenvalue weighted by Crippen LogP contribution is 2.22. The number of hydrogen-bond donors (Lipinski definition) is 2. The summed E-state index contributed by atoms with van der Waals surface area (Å²) < 4.78 is 0. The molecule has 0 aliphatic heterocycles. The summed E-state index contributed by atoms with van der Waals surface area (Å²) in [5, 5.41) is 4.59. The fourth-order valence-corrected chi connectivity index (χ4v) is 3.29. The molecule has 0 spiro atoms. The number of halogens is 1. The largest absolute Gasteiger partial charge is 0.347 e. The molecule has 0 radical (unpaired) electrons. The van der Waals surface area contributed by atoms with Gasteiger partial charge in [-0.25, -0.2) is 4.98 Å². The average molecular weight is 414 g/mol. The Bertz CT molecular complexity index is 1100. The van der Waals surface area contributed by atoms with E-state index in [1.807, 2.05) is 26.8 Å². The van der Waals surface area contributed by atoms with E-state index in [0.29, 0.717) is 34.8 Å². The molecule has 29 heavy (non-hydrogen) atoms. The van der Waals surface area contributed by atoms with Crippen LogP contribution in [0.3, 0.4) is 0 Å². The van der Waals surface area contributed by atoms with Crippen molar-refractivity contribution in [1.29, 1.82) is 0 Å². The van der Waals surface area contributed by atoms with Gasteiger partial charge in [-0.3, -0.25) is 14.5 Å². The van der Waals surface area contributed by atoms with Gasteiger partial charge in [-0.05, 0) is 43.2 Å². The maximum absolute atomic E-state index is 12.5. The fraction of sp³-hybridized carbons (Fsp3) is 0.333. The topological polar surface area (TPSA) is 91.0 Å². The number of aromatic nitrogens is 3. The van der Waals surface area contributed by atoms with Crippen molar-refractivity contribution in [1.82, 2.24) is 15.0 Å². The zero-order valence-electron chi connectivity index (χ0n) is 16.9. The number of nitrogens with one attached hydrogen (secondary N) is 2. The molecule has 8 heteroatoms. The Hall–Kier alpha value is -2.93. The minimum absolute atomic E-state index is 0.0840. The van der Waals surface area contributed by atoms with Crippen molar-refractivity contribution in [3.8, 4) is 0 Å². The molecule has 0 aliphatic carbocycles. The molecule has 7 nitrogen and oxygen atoms in total. The zero-order chi connectivity index (χ0) is 21.1. The molecular formula is C21H24ClN5O2. The lowest BCUT2D eigenvalue weighted by Crippen LogP contribution is -2.33. The molecule has 152 valence electrons. The Balaban J connectivity index is 1.88. The number of aromatic amines is 1. The van der Waals surface area contributed by atoms with Gasteiger partial charge in [0.25, 0.3) is 5.56 Å². The third-order valence-electron chi connectivity index (χ3n) is 4.49. The van der Waals surface area contributed by atoms with Crippen LogP contribution in [0.2, 0.25) is 5.02 Å². The molecule has 1 aromatic carbocycles. The smallest absolute Gasteiger partial charge is 0.253 e. The minimum Gasteiger partial charge on any atom is -0.347 e. The number of anilines is 2. The normalized spacial score (nSPS) is 12.2. The van der Waals surface area contributed by atoms with Crippen LogP contribution >= 0.6 is 11.6 Å². The van der Waals surface area contributed by atoms with Crippen LogP contribution in [-0.2, 0) is 4.79 Å². The molecule has 3 rings (SSSR count). The summed E-state index contributed by atoms with van der Waals surface area (Å²) in [5.74, 6) is 1.08. The van der Waals surface area contributed by atoms with Gasteiger partial charge in [0.05, 0.1) is 6.04 Å². The number of rotatable bonds is 6. The molecule has 1 unspecified atom stereocenters. The first-order chi connectivity index (χ1) is 13.7. The second-order valence-corrected chi connectivity index (χ2v) is 7.85. The first-order valence-electron chi connectivity index (χ1n) is 9.44. The average Bonchev–Trinajstić information content (AvgIpc) is 2.65. The van der Waals surface area contributed by atoms with Gasteiger partial charge in [0.15, 0.2) is 0 Å². The summed E-state index contributed by atoms with van der Waals surface area (Å²) in [6.45, 7) is 8.01. The number of carbonyl (C=O) groups is 1. The van der Waals surface area contributed by atoms with Gasteiger partial charge in [0.1, 0.15) is 5.82 Å². The second-order valence-electron chi connectivity index (χ2n) is 7.41. The number of benzene rings is 1. The van der Waals surface area contributed by atoms with E-state index in [1.54, 1.807) is 35.4 Å². The fourth-order valence-electron chi connectivity index (χ4n) is 3.11. The van der Waals surface area contributed by atoms with Crippen LogP contribution in [0.4, 0.5) is 11.8 Å². The maximum Gasteiger partial charge on any atom is 0.253 e. The van der Waals surface area contributed by atoms with E-state index in [1.165, 1.54) is 6.92 Å². The van der Waals surface area contributed by atoms with E-state index in [4.69, 9.17) is 11.6 Å². The summed E-state index contributed by atoms with van der Waals surface area (Å²) in [6, 6.07) is 8.47. The number of nitrogens with zero attached hydrogens (tertiary/aromatic N) is 3. The molecular weight excluding hydrogens is 390 g/mol. The Labute approximate surface area is 174 Å². The summed E-state index contributed by atoms with van der Waals surface area (Å²) in [4.78, 5) is 37.7. The summed E-state index contributed by atoms with van der Waals surface area (Å²) in [7, 11) is 0. The second kappa shape index (κ2) is 8.61. The molecule has 0 saturated heterocycles. The molecule has 2 heterocycles. The van der Waals surface area contributed by atoms with Gasteiger partial charge in [-0.2, -0.15) is 4.98 Å². The van der Waals surface area contributed by atoms with Crippen molar-refractivity contribution in [3.63, 3.8) is 0 Å². The Kier molecular flexibility index (Phi) is 6.17. The number of carbonyl (C=O) groups excluding carboxylic acids is 1. The van der Waals surface area contributed by atoms with Gasteiger partial charge in [0, 0.05) is 41.2 Å². The molecule has 1 atom stereocenters. The quantitative estimate of drug-likeness (QED) is 0.633. The van der Waals surface area contributed by atoms with Gasteiger partial charge in [-0.15, -0.1) is 0 Å². The number of pyridine rings is 1. The van der Waals surface area contributed by atoms with Crippen molar-refractivity contribution >= 4 is 40.2 Å². The Morgan fingerprint density at radius 3 is 2.69 bits per heavy atom. The first kappa shape index (κ1) is 20.8. The van der Waals surface area contributed by atoms with Crippen molar-refractivity contribution in [2.45, 2.75) is 33.7 Å². The summed E-state index contributed by atoms with van der Waals surface area (Å²) in [5.41, 5.74) is 1.07. The zero-order valence-corrected chi connectivity index (χ0v) is 17.6. The van der Waals surface area contributed by atoms with E-state index in [-0.39, 0.29) is 17.5 Å². The lowest BCUT2D eigenvalue weighted by molar-refractivity contribution is -0.116. The number of fused-ring (bicyclic) bond motifs is 1.